The molecular weight excluding hydrogens is 272 g/mol. The maximum atomic E-state index is 12.1. The molecule has 18 heavy (non-hydrogen) atoms. The number of nitrogens with one attached hydrogen (secondary N) is 1. The molecule has 0 aliphatic heterocycles. The first-order chi connectivity index (χ1) is 7.99. The summed E-state index contributed by atoms with van der Waals surface area (Å²) in [4.78, 5) is 12.1. The zero-order valence-corrected chi connectivity index (χ0v) is 12.2. The van der Waals surface area contributed by atoms with Crippen molar-refractivity contribution in [2.45, 2.75) is 45.1 Å². The molecule has 102 valence electrons. The molecule has 2 rings (SSSR count). The lowest BCUT2D eigenvalue weighted by Gasteiger charge is -2.36. The summed E-state index contributed by atoms with van der Waals surface area (Å²) in [6.45, 7) is 3.82. The van der Waals surface area contributed by atoms with Gasteiger partial charge in [-0.15, -0.1) is 22.6 Å². The van der Waals surface area contributed by atoms with E-state index in [1.54, 1.807) is 0 Å². The molecule has 0 radical (unpaired) electrons. The lowest BCUT2D eigenvalue weighted by molar-refractivity contribution is -0.122. The van der Waals surface area contributed by atoms with Crippen LogP contribution < -0.4 is 11.1 Å². The minimum atomic E-state index is -0.401. The quantitative estimate of drug-likeness (QED) is 0.874. The molecule has 0 spiro atoms. The Morgan fingerprint density at radius 3 is 2.78 bits per heavy atom. The third-order valence-electron chi connectivity index (χ3n) is 3.33. The number of nitrogens with zero attached hydrogens (tertiary/aromatic N) is 2. The molecule has 1 amide bonds. The van der Waals surface area contributed by atoms with Crippen molar-refractivity contribution in [2.75, 3.05) is 5.32 Å². The standard InChI is InChI=1S/C11H18N4OS.ClH/c1-7-14-15-10(17-7)13-9(16)8-5-3-4-6-11(8,2)12;/h8H,3-6,12H2,1-2H3,(H,13,15,16);1H. The lowest BCUT2D eigenvalue weighted by atomic mass is 9.74. The van der Waals surface area contributed by atoms with Crippen LogP contribution in [0.1, 0.15) is 37.6 Å². The fraction of sp³-hybridized carbons (Fsp3) is 0.727. The Morgan fingerprint density at radius 1 is 1.50 bits per heavy atom. The molecule has 1 aliphatic carbocycles. The van der Waals surface area contributed by atoms with Crippen molar-refractivity contribution in [1.29, 1.82) is 0 Å². The molecule has 7 heteroatoms. The van der Waals surface area contributed by atoms with Gasteiger partial charge in [-0.05, 0) is 26.7 Å². The fourth-order valence-corrected chi connectivity index (χ4v) is 2.92. The predicted molar refractivity (Wildman–Crippen MR) is 75.1 cm³/mol. The summed E-state index contributed by atoms with van der Waals surface area (Å²) >= 11 is 1.39. The Morgan fingerprint density at radius 2 is 2.22 bits per heavy atom. The summed E-state index contributed by atoms with van der Waals surface area (Å²) in [5.74, 6) is -0.147. The van der Waals surface area contributed by atoms with Gasteiger partial charge in [-0.2, -0.15) is 0 Å². The van der Waals surface area contributed by atoms with Crippen LogP contribution in [0.15, 0.2) is 0 Å². The van der Waals surface area contributed by atoms with E-state index in [0.717, 1.165) is 30.7 Å². The van der Waals surface area contributed by atoms with Crippen LogP contribution in [0.3, 0.4) is 0 Å². The van der Waals surface area contributed by atoms with Gasteiger partial charge >= 0.3 is 0 Å². The van der Waals surface area contributed by atoms with E-state index in [9.17, 15) is 4.79 Å². The SMILES string of the molecule is Cc1nnc(NC(=O)C2CCCCC2(C)N)s1.Cl. The maximum Gasteiger partial charge on any atom is 0.231 e. The number of nitrogens with two attached hydrogens (primary N) is 1. The zero-order valence-electron chi connectivity index (χ0n) is 10.6. The molecule has 1 aromatic rings. The highest BCUT2D eigenvalue weighted by atomic mass is 35.5. The van der Waals surface area contributed by atoms with Crippen molar-refractivity contribution in [3.05, 3.63) is 5.01 Å². The summed E-state index contributed by atoms with van der Waals surface area (Å²) in [5, 5.41) is 12.0. The first-order valence-corrected chi connectivity index (χ1v) is 6.70. The van der Waals surface area contributed by atoms with Crippen molar-refractivity contribution < 1.29 is 4.79 Å². The van der Waals surface area contributed by atoms with Gasteiger partial charge in [-0.3, -0.25) is 4.79 Å². The van der Waals surface area contributed by atoms with Crippen LogP contribution in [0.5, 0.6) is 0 Å². The molecular formula is C11H19ClN4OS. The summed E-state index contributed by atoms with van der Waals surface area (Å²) < 4.78 is 0. The van der Waals surface area contributed by atoms with E-state index in [2.05, 4.69) is 15.5 Å². The minimum absolute atomic E-state index is 0. The number of anilines is 1. The van der Waals surface area contributed by atoms with E-state index >= 15 is 0 Å². The van der Waals surface area contributed by atoms with Crippen molar-refractivity contribution >= 4 is 34.8 Å². The third-order valence-corrected chi connectivity index (χ3v) is 4.08. The van der Waals surface area contributed by atoms with Crippen molar-refractivity contribution in [2.24, 2.45) is 11.7 Å². The minimum Gasteiger partial charge on any atom is -0.325 e. The van der Waals surface area contributed by atoms with Crippen molar-refractivity contribution in [3.63, 3.8) is 0 Å². The second-order valence-corrected chi connectivity index (χ2v) is 6.10. The summed E-state index contributed by atoms with van der Waals surface area (Å²) in [6.07, 6.45) is 3.94. The maximum absolute atomic E-state index is 12.1. The van der Waals surface area contributed by atoms with Crippen LogP contribution in [0.2, 0.25) is 0 Å². The number of aromatic nitrogens is 2. The van der Waals surface area contributed by atoms with Gasteiger partial charge in [-0.25, -0.2) is 0 Å². The second kappa shape index (κ2) is 5.95. The average Bonchev–Trinajstić information content (AvgIpc) is 2.63. The first-order valence-electron chi connectivity index (χ1n) is 5.89. The molecule has 0 saturated heterocycles. The molecule has 0 aromatic carbocycles. The zero-order chi connectivity index (χ0) is 12.5. The summed E-state index contributed by atoms with van der Waals surface area (Å²) in [7, 11) is 0. The predicted octanol–water partition coefficient (Wildman–Crippen LogP) is 2.11. The van der Waals surface area contributed by atoms with Gasteiger partial charge in [0.25, 0.3) is 0 Å². The van der Waals surface area contributed by atoms with E-state index < -0.39 is 5.54 Å². The Kier molecular flexibility index (Phi) is 5.07. The van der Waals surface area contributed by atoms with Crippen molar-refractivity contribution in [3.8, 4) is 0 Å². The molecule has 1 fully saturated rings. The Hall–Kier alpha value is -0.720. The number of hydrogen-bond acceptors (Lipinski definition) is 5. The van der Waals surface area contributed by atoms with Gasteiger partial charge in [0.2, 0.25) is 11.0 Å². The van der Waals surface area contributed by atoms with Crippen LogP contribution in [-0.2, 0) is 4.79 Å². The Labute approximate surface area is 117 Å². The molecule has 2 unspecified atom stereocenters. The van der Waals surface area contributed by atoms with Crippen LogP contribution in [-0.4, -0.2) is 21.6 Å². The molecule has 0 bridgehead atoms. The lowest BCUT2D eigenvalue weighted by Crippen LogP contribution is -2.51. The van der Waals surface area contributed by atoms with Crippen LogP contribution in [0.4, 0.5) is 5.13 Å². The first kappa shape index (κ1) is 15.3. The van der Waals surface area contributed by atoms with E-state index in [-0.39, 0.29) is 24.2 Å². The highest BCUT2D eigenvalue weighted by Gasteiger charge is 2.38. The Balaban J connectivity index is 0.00000162. The number of rotatable bonds is 2. The van der Waals surface area contributed by atoms with Gasteiger partial charge in [0.1, 0.15) is 5.01 Å². The van der Waals surface area contributed by atoms with Gasteiger partial charge in [0.15, 0.2) is 0 Å². The molecule has 1 aliphatic rings. The van der Waals surface area contributed by atoms with E-state index in [0.29, 0.717) is 5.13 Å². The molecule has 1 aromatic heterocycles. The molecule has 1 heterocycles. The highest BCUT2D eigenvalue weighted by Crippen LogP contribution is 2.32. The van der Waals surface area contributed by atoms with Gasteiger partial charge < -0.3 is 11.1 Å². The summed E-state index contributed by atoms with van der Waals surface area (Å²) in [6, 6.07) is 0. The molecule has 1 saturated carbocycles. The molecule has 2 atom stereocenters. The Bertz CT molecular complexity index is 421. The molecule has 3 N–H and O–H groups in total. The number of halogens is 1. The van der Waals surface area contributed by atoms with E-state index in [1.165, 1.54) is 11.3 Å². The number of hydrogen-bond donors (Lipinski definition) is 2. The highest BCUT2D eigenvalue weighted by molar-refractivity contribution is 7.15. The number of carbonyl (C=O) groups excluding carboxylic acids is 1. The number of aryl methyl sites for hydroxylation is 1. The largest absolute Gasteiger partial charge is 0.325 e. The monoisotopic (exact) mass is 290 g/mol. The van der Waals surface area contributed by atoms with E-state index in [4.69, 9.17) is 5.73 Å². The number of carbonyl (C=O) groups is 1. The fourth-order valence-electron chi connectivity index (χ4n) is 2.33. The van der Waals surface area contributed by atoms with E-state index in [1.807, 2.05) is 13.8 Å². The van der Waals surface area contributed by atoms with Gasteiger partial charge in [0.05, 0.1) is 5.92 Å². The topological polar surface area (TPSA) is 80.9 Å². The van der Waals surface area contributed by atoms with Gasteiger partial charge in [-0.1, -0.05) is 24.2 Å². The number of amides is 1. The normalized spacial score (nSPS) is 27.4. The van der Waals surface area contributed by atoms with Gasteiger partial charge in [0, 0.05) is 5.54 Å². The second-order valence-electron chi connectivity index (χ2n) is 4.92. The average molecular weight is 291 g/mol. The third kappa shape index (κ3) is 3.40. The van der Waals surface area contributed by atoms with Crippen molar-refractivity contribution in [1.82, 2.24) is 10.2 Å². The van der Waals surface area contributed by atoms with Crippen LogP contribution in [0, 0.1) is 12.8 Å². The van der Waals surface area contributed by atoms with Crippen LogP contribution >= 0.6 is 23.7 Å². The molecule has 5 nitrogen and oxygen atoms in total. The summed E-state index contributed by atoms with van der Waals surface area (Å²) in [5.41, 5.74) is 5.79. The van der Waals surface area contributed by atoms with Crippen LogP contribution in [0.25, 0.3) is 0 Å². The smallest absolute Gasteiger partial charge is 0.231 e.